The second-order valence-corrected chi connectivity index (χ2v) is 7.30. The SMILES string of the molecule is CCC(N)(CC)CNS(=O)(=O)c1ccc(OC(C)C)cc1.Cl. The second-order valence-electron chi connectivity index (χ2n) is 5.53. The molecule has 7 heteroatoms. The van der Waals surface area contributed by atoms with Crippen LogP contribution >= 0.6 is 12.4 Å². The minimum Gasteiger partial charge on any atom is -0.491 e. The maximum absolute atomic E-state index is 12.2. The molecule has 0 unspecified atom stereocenters. The van der Waals surface area contributed by atoms with Crippen LogP contribution in [0, 0.1) is 0 Å². The molecule has 1 aromatic carbocycles. The Bertz CT molecular complexity index is 540. The summed E-state index contributed by atoms with van der Waals surface area (Å²) in [5.41, 5.74) is 5.61. The van der Waals surface area contributed by atoms with Crippen LogP contribution in [0.1, 0.15) is 40.5 Å². The largest absolute Gasteiger partial charge is 0.491 e. The molecule has 0 bridgehead atoms. The molecule has 0 amide bonds. The van der Waals surface area contributed by atoms with Gasteiger partial charge in [-0.25, -0.2) is 13.1 Å². The molecule has 0 radical (unpaired) electrons. The van der Waals surface area contributed by atoms with Gasteiger partial charge in [0.1, 0.15) is 5.75 Å². The summed E-state index contributed by atoms with van der Waals surface area (Å²) >= 11 is 0. The van der Waals surface area contributed by atoms with E-state index in [9.17, 15) is 8.42 Å². The standard InChI is InChI=1S/C15H26N2O3S.ClH/c1-5-15(16,6-2)11-17-21(18,19)14-9-7-13(8-10-14)20-12(3)4;/h7-10,12,17H,5-6,11,16H2,1-4H3;1H. The van der Waals surface area contributed by atoms with Gasteiger partial charge in [0.2, 0.25) is 10.0 Å². The predicted octanol–water partition coefficient (Wildman–Crippen LogP) is 2.69. The van der Waals surface area contributed by atoms with Crippen molar-refractivity contribution < 1.29 is 13.2 Å². The summed E-state index contributed by atoms with van der Waals surface area (Å²) in [6.45, 7) is 7.98. The molecular weight excluding hydrogens is 324 g/mol. The summed E-state index contributed by atoms with van der Waals surface area (Å²) < 4.78 is 32.6. The molecule has 0 aliphatic carbocycles. The minimum atomic E-state index is -3.54. The molecule has 0 saturated heterocycles. The Hall–Kier alpha value is -0.820. The molecule has 3 N–H and O–H groups in total. The quantitative estimate of drug-likeness (QED) is 0.755. The van der Waals surface area contributed by atoms with Gasteiger partial charge in [-0.15, -0.1) is 12.4 Å². The average molecular weight is 351 g/mol. The molecule has 5 nitrogen and oxygen atoms in total. The summed E-state index contributed by atoms with van der Waals surface area (Å²) in [4.78, 5) is 0.216. The van der Waals surface area contributed by atoms with Gasteiger partial charge >= 0.3 is 0 Å². The van der Waals surface area contributed by atoms with Crippen LogP contribution in [0.3, 0.4) is 0 Å². The van der Waals surface area contributed by atoms with Crippen molar-refractivity contribution in [2.75, 3.05) is 6.54 Å². The van der Waals surface area contributed by atoms with E-state index in [0.717, 1.165) is 0 Å². The Labute approximate surface area is 140 Å². The summed E-state index contributed by atoms with van der Waals surface area (Å²) in [6, 6.07) is 6.39. The van der Waals surface area contributed by atoms with E-state index in [2.05, 4.69) is 4.72 Å². The third kappa shape index (κ3) is 6.12. The molecule has 0 heterocycles. The minimum absolute atomic E-state index is 0. The van der Waals surface area contributed by atoms with E-state index in [-0.39, 0.29) is 30.0 Å². The number of halogens is 1. The van der Waals surface area contributed by atoms with E-state index in [4.69, 9.17) is 10.5 Å². The molecule has 0 spiro atoms. The van der Waals surface area contributed by atoms with Gasteiger partial charge in [-0.3, -0.25) is 0 Å². The molecule has 0 aliphatic rings. The topological polar surface area (TPSA) is 81.4 Å². The van der Waals surface area contributed by atoms with E-state index in [0.29, 0.717) is 18.6 Å². The molecule has 0 saturated carbocycles. The fourth-order valence-electron chi connectivity index (χ4n) is 1.79. The predicted molar refractivity (Wildman–Crippen MR) is 92.1 cm³/mol. The van der Waals surface area contributed by atoms with Crippen LogP contribution in [0.15, 0.2) is 29.2 Å². The Morgan fingerprint density at radius 3 is 2.09 bits per heavy atom. The Morgan fingerprint density at radius 1 is 1.18 bits per heavy atom. The van der Waals surface area contributed by atoms with Crippen molar-refractivity contribution in [3.05, 3.63) is 24.3 Å². The molecule has 1 rings (SSSR count). The zero-order chi connectivity index (χ0) is 16.1. The number of hydrogen-bond donors (Lipinski definition) is 2. The highest BCUT2D eigenvalue weighted by molar-refractivity contribution is 7.89. The first-order valence-electron chi connectivity index (χ1n) is 7.27. The van der Waals surface area contributed by atoms with Crippen molar-refractivity contribution in [2.45, 2.75) is 57.1 Å². The van der Waals surface area contributed by atoms with E-state index in [1.807, 2.05) is 27.7 Å². The van der Waals surface area contributed by atoms with Crippen molar-refractivity contribution in [2.24, 2.45) is 5.73 Å². The fourth-order valence-corrected chi connectivity index (χ4v) is 2.93. The molecule has 128 valence electrons. The number of ether oxygens (including phenoxy) is 1. The number of hydrogen-bond acceptors (Lipinski definition) is 4. The van der Waals surface area contributed by atoms with Crippen LogP contribution in [0.2, 0.25) is 0 Å². The lowest BCUT2D eigenvalue weighted by molar-refractivity contribution is 0.242. The van der Waals surface area contributed by atoms with Crippen LogP contribution in [-0.2, 0) is 10.0 Å². The van der Waals surface area contributed by atoms with E-state index in [1.165, 1.54) is 12.1 Å². The van der Waals surface area contributed by atoms with Gasteiger partial charge in [-0.1, -0.05) is 13.8 Å². The highest BCUT2D eigenvalue weighted by Gasteiger charge is 2.24. The Kier molecular flexibility index (Phi) is 8.39. The molecule has 0 aromatic heterocycles. The number of rotatable bonds is 8. The lowest BCUT2D eigenvalue weighted by Gasteiger charge is -2.26. The molecular formula is C15H27ClN2O3S. The Balaban J connectivity index is 0.00000441. The van der Waals surface area contributed by atoms with Gasteiger partial charge in [0.25, 0.3) is 0 Å². The Morgan fingerprint density at radius 2 is 1.68 bits per heavy atom. The number of sulfonamides is 1. The van der Waals surface area contributed by atoms with Gasteiger partial charge in [0.15, 0.2) is 0 Å². The first kappa shape index (κ1) is 21.2. The van der Waals surface area contributed by atoms with Crippen molar-refractivity contribution in [1.82, 2.24) is 4.72 Å². The summed E-state index contributed by atoms with van der Waals surface area (Å²) in [5, 5.41) is 0. The first-order chi connectivity index (χ1) is 9.72. The van der Waals surface area contributed by atoms with Crippen LogP contribution < -0.4 is 15.2 Å². The number of benzene rings is 1. The van der Waals surface area contributed by atoms with Crippen molar-refractivity contribution >= 4 is 22.4 Å². The van der Waals surface area contributed by atoms with E-state index >= 15 is 0 Å². The molecule has 1 aromatic rings. The number of nitrogens with one attached hydrogen (secondary N) is 1. The fraction of sp³-hybridized carbons (Fsp3) is 0.600. The highest BCUT2D eigenvalue weighted by Crippen LogP contribution is 2.18. The average Bonchev–Trinajstić information content (AvgIpc) is 2.45. The van der Waals surface area contributed by atoms with Crippen LogP contribution in [0.5, 0.6) is 5.75 Å². The number of nitrogens with two attached hydrogens (primary N) is 1. The zero-order valence-electron chi connectivity index (χ0n) is 13.6. The van der Waals surface area contributed by atoms with E-state index < -0.39 is 15.6 Å². The molecule has 0 fully saturated rings. The summed E-state index contributed by atoms with van der Waals surface area (Å²) in [6.07, 6.45) is 1.48. The zero-order valence-corrected chi connectivity index (χ0v) is 15.3. The lowest BCUT2D eigenvalue weighted by Crippen LogP contribution is -2.49. The maximum Gasteiger partial charge on any atom is 0.240 e. The van der Waals surface area contributed by atoms with Crippen molar-refractivity contribution in [3.63, 3.8) is 0 Å². The molecule has 0 aliphatic heterocycles. The van der Waals surface area contributed by atoms with Crippen LogP contribution in [0.4, 0.5) is 0 Å². The first-order valence-corrected chi connectivity index (χ1v) is 8.76. The van der Waals surface area contributed by atoms with Gasteiger partial charge < -0.3 is 10.5 Å². The lowest BCUT2D eigenvalue weighted by atomic mass is 9.95. The smallest absolute Gasteiger partial charge is 0.240 e. The van der Waals surface area contributed by atoms with E-state index in [1.54, 1.807) is 12.1 Å². The molecule has 22 heavy (non-hydrogen) atoms. The normalized spacial score (nSPS) is 12.1. The van der Waals surface area contributed by atoms with Gasteiger partial charge in [0, 0.05) is 12.1 Å². The summed E-state index contributed by atoms with van der Waals surface area (Å²) in [5.74, 6) is 0.652. The van der Waals surface area contributed by atoms with Crippen LogP contribution in [0.25, 0.3) is 0 Å². The van der Waals surface area contributed by atoms with Crippen molar-refractivity contribution in [1.29, 1.82) is 0 Å². The van der Waals surface area contributed by atoms with Crippen LogP contribution in [-0.4, -0.2) is 26.6 Å². The van der Waals surface area contributed by atoms with Gasteiger partial charge in [0.05, 0.1) is 11.0 Å². The maximum atomic E-state index is 12.2. The third-order valence-electron chi connectivity index (χ3n) is 3.53. The second kappa shape index (κ2) is 8.72. The summed E-state index contributed by atoms with van der Waals surface area (Å²) in [7, 11) is -3.54. The van der Waals surface area contributed by atoms with Gasteiger partial charge in [-0.2, -0.15) is 0 Å². The van der Waals surface area contributed by atoms with Crippen molar-refractivity contribution in [3.8, 4) is 5.75 Å². The van der Waals surface area contributed by atoms with Gasteiger partial charge in [-0.05, 0) is 51.0 Å². The third-order valence-corrected chi connectivity index (χ3v) is 4.95. The highest BCUT2D eigenvalue weighted by atomic mass is 35.5. The monoisotopic (exact) mass is 350 g/mol. The molecule has 0 atom stereocenters.